The number of pyridine rings is 4. The maximum atomic E-state index is 12.7. The van der Waals surface area contributed by atoms with E-state index in [9.17, 15) is 69.0 Å². The van der Waals surface area contributed by atoms with Crippen LogP contribution in [0.15, 0.2) is 146 Å². The number of nitrogens with one attached hydrogen (secondary N) is 4. The summed E-state index contributed by atoms with van der Waals surface area (Å²) in [7, 11) is -8.26. The Bertz CT molecular complexity index is 3560. The van der Waals surface area contributed by atoms with E-state index in [0.29, 0.717) is 42.3 Å². The van der Waals surface area contributed by atoms with E-state index in [1.54, 1.807) is 42.6 Å². The molecule has 0 saturated carbocycles. The fourth-order valence-corrected chi connectivity index (χ4v) is 9.38. The van der Waals surface area contributed by atoms with E-state index < -0.39 is 92.2 Å². The van der Waals surface area contributed by atoms with Crippen molar-refractivity contribution in [3.63, 3.8) is 0 Å². The second-order valence-corrected chi connectivity index (χ2v) is 20.7. The third kappa shape index (κ3) is 22.7. The molecule has 2 atom stereocenters. The van der Waals surface area contributed by atoms with Gasteiger partial charge in [-0.15, -0.1) is 12.4 Å². The van der Waals surface area contributed by atoms with Crippen molar-refractivity contribution >= 4 is 79.2 Å². The molecule has 0 bridgehead atoms. The van der Waals surface area contributed by atoms with Crippen molar-refractivity contribution in [2.24, 2.45) is 16.5 Å². The van der Waals surface area contributed by atoms with Gasteiger partial charge in [-0.25, -0.2) is 16.8 Å². The Morgan fingerprint density at radius 2 is 1.01 bits per heavy atom. The minimum Gasteiger partial charge on any atom is -0.542 e. The number of halogens is 4. The van der Waals surface area contributed by atoms with Crippen LogP contribution in [-0.4, -0.2) is 129 Å². The van der Waals surface area contributed by atoms with Gasteiger partial charge in [0.05, 0.1) is 40.6 Å². The highest BCUT2D eigenvalue weighted by Gasteiger charge is 2.29. The molecule has 2 amide bonds. The second-order valence-electron chi connectivity index (χ2n) is 17.3. The first-order valence-electron chi connectivity index (χ1n) is 24.6. The van der Waals surface area contributed by atoms with Crippen molar-refractivity contribution in [1.82, 2.24) is 28.9 Å². The number of nitrogens with two attached hydrogens (primary N) is 2. The van der Waals surface area contributed by atoms with Crippen LogP contribution in [0.3, 0.4) is 0 Å². The lowest BCUT2D eigenvalue weighted by molar-refractivity contribution is -0.368. The van der Waals surface area contributed by atoms with Crippen LogP contribution in [0.4, 0.5) is 13.2 Å². The number of alkyl halides is 3. The van der Waals surface area contributed by atoms with E-state index in [-0.39, 0.29) is 39.3 Å². The largest absolute Gasteiger partial charge is 0.542 e. The van der Waals surface area contributed by atoms with Crippen molar-refractivity contribution < 1.29 is 84.5 Å². The number of carboxylic acids is 3. The van der Waals surface area contributed by atoms with Gasteiger partial charge in [0.25, 0.3) is 22.9 Å². The standard InChI is InChI=1S/C25H30N6O7S.C24H28N4O7S.C2HF3O2.ClH/c26-25(27)28-10-5-2-6-12-38-19-9-11-31-18(15-19)13-17(14-22(31)32)23(33)29-16-21(24(34)35)30-39(36,37)20-7-3-1-4-8-20;25-10-5-2-6-12-35-19-9-11-28-18(15-19)13-17(14-22(28)29)23(30)26-16-21(24(31)32)27-36(33,34)20-7-3-1-4-8-20;3-2(4,5)1(6)7;/h1,3-4,7-9,11,13-15,21,30H,2,5-6,10,12,16H2,(H,29,33)(H,34,35)(H4,26,27,28);1,3-4,7-9,11,13-15,21,27H,2,5-6,10,12,16,25H2,(H,26,30)(H,31,32);(H,6,7);1H/t2*21-;;/m00../s1. The first-order valence-corrected chi connectivity index (χ1v) is 27.6. The molecule has 4 heterocycles. The zero-order valence-electron chi connectivity index (χ0n) is 43.9. The first-order chi connectivity index (χ1) is 38.7. The fraction of sp³-hybridized carbons (Fsp3) is 0.294. The molecule has 0 spiro atoms. The normalized spacial score (nSPS) is 11.9. The minimum atomic E-state index is -5.19. The Balaban J connectivity index is 0.000000387. The number of ether oxygens (including phenoxy) is 2. The number of carboxylic acid groups (broad SMARTS) is 3. The Kier molecular flexibility index (Phi) is 27.1. The summed E-state index contributed by atoms with van der Waals surface area (Å²) in [4.78, 5) is 86.2. The molecule has 0 saturated heterocycles. The van der Waals surface area contributed by atoms with Gasteiger partial charge in [-0.3, -0.25) is 42.6 Å². The van der Waals surface area contributed by atoms with Crippen LogP contribution in [0.2, 0.25) is 0 Å². The summed E-state index contributed by atoms with van der Waals surface area (Å²) in [6.45, 7) is 1.27. The number of sulfonamides is 2. The highest BCUT2D eigenvalue weighted by molar-refractivity contribution is 7.89. The molecule has 450 valence electrons. The average molecular weight is 1230 g/mol. The lowest BCUT2D eigenvalue weighted by atomic mass is 10.2. The van der Waals surface area contributed by atoms with Gasteiger partial charge < -0.3 is 57.4 Å². The summed E-state index contributed by atoms with van der Waals surface area (Å²) in [5.74, 6) is -6.32. The molecular formula is C51H60ClF3N10O16S2. The third-order valence-electron chi connectivity index (χ3n) is 11.1. The number of rotatable bonds is 27. The molecule has 0 aliphatic heterocycles. The zero-order chi connectivity index (χ0) is 60.6. The monoisotopic (exact) mass is 1220 g/mol. The smallest absolute Gasteiger partial charge is 0.430 e. The summed E-state index contributed by atoms with van der Waals surface area (Å²) in [6, 6.07) is 22.9. The maximum Gasteiger partial charge on any atom is 0.430 e. The van der Waals surface area contributed by atoms with E-state index in [2.05, 4.69) is 30.8 Å². The van der Waals surface area contributed by atoms with Gasteiger partial charge in [0.15, 0.2) is 5.96 Å². The molecule has 0 aliphatic carbocycles. The van der Waals surface area contributed by atoms with Crippen LogP contribution < -0.4 is 63.0 Å². The van der Waals surface area contributed by atoms with Gasteiger partial charge >= 0.3 is 18.1 Å². The Morgan fingerprint density at radius 3 is 1.36 bits per heavy atom. The van der Waals surface area contributed by atoms with Crippen molar-refractivity contribution in [2.75, 3.05) is 39.4 Å². The van der Waals surface area contributed by atoms with Gasteiger partial charge in [-0.1, -0.05) is 36.4 Å². The number of hydrogen-bond acceptors (Lipinski definition) is 15. The molecule has 26 nitrogen and oxygen atoms in total. The number of carbonyl (C=O) groups excluding carboxylic acids is 3. The van der Waals surface area contributed by atoms with Gasteiger partial charge in [-0.2, -0.15) is 22.6 Å². The van der Waals surface area contributed by atoms with Crippen molar-refractivity contribution in [3.05, 3.63) is 153 Å². The van der Waals surface area contributed by atoms with E-state index in [1.807, 2.05) is 0 Å². The summed E-state index contributed by atoms with van der Waals surface area (Å²) in [5.41, 5.74) is 14.2. The molecule has 6 aromatic rings. The van der Waals surface area contributed by atoms with Crippen molar-refractivity contribution in [2.45, 2.75) is 66.6 Å². The number of amides is 2. The van der Waals surface area contributed by atoms with Crippen LogP contribution in [-0.2, 0) is 34.4 Å². The van der Waals surface area contributed by atoms with E-state index in [1.165, 1.54) is 75.7 Å². The molecular weight excluding hydrogens is 1170 g/mol. The number of guanidine groups is 1. The van der Waals surface area contributed by atoms with Gasteiger partial charge in [0.2, 0.25) is 20.0 Å². The quantitative estimate of drug-likeness (QED) is 0.0190. The van der Waals surface area contributed by atoms with Gasteiger partial charge in [0, 0.05) is 67.4 Å². The number of hydrogen-bond donors (Lipinski definition) is 9. The molecule has 13 N–H and O–H groups in total. The van der Waals surface area contributed by atoms with Gasteiger partial charge in [0.1, 0.15) is 29.6 Å². The highest BCUT2D eigenvalue weighted by atomic mass is 35.5. The molecule has 2 aromatic carbocycles. The lowest BCUT2D eigenvalue weighted by Crippen LogP contribution is -2.50. The maximum absolute atomic E-state index is 12.7. The SMILES string of the molecule is Cl.NC(N)=NCCCCCOc1ccn2c(=O)cc(C(=O)NC[C@H](NS(=O)(=O)c3ccccc3)C(=O)O)cc2c1.O=C([O-])C(F)(F)F.[NH3+]CCCCCOc1ccn2c(=O)cc(C(=O)NC[C@H](NS(=O)(=O)c3ccccc3)C(=O)O)cc2c1. The summed E-state index contributed by atoms with van der Waals surface area (Å²) < 4.78 is 99.7. The molecule has 0 radical (unpaired) electrons. The summed E-state index contributed by atoms with van der Waals surface area (Å²) >= 11 is 0. The molecule has 83 heavy (non-hydrogen) atoms. The number of quaternary nitrogens is 1. The number of nitrogens with zero attached hydrogens (tertiary/aromatic N) is 3. The molecule has 0 unspecified atom stereocenters. The zero-order valence-corrected chi connectivity index (χ0v) is 46.3. The Morgan fingerprint density at radius 1 is 0.627 bits per heavy atom. The van der Waals surface area contributed by atoms with Crippen LogP contribution in [0.25, 0.3) is 11.0 Å². The number of aliphatic carboxylic acids is 3. The lowest BCUT2D eigenvalue weighted by Gasteiger charge is -2.16. The highest BCUT2D eigenvalue weighted by Crippen LogP contribution is 2.18. The molecule has 0 fully saturated rings. The number of unbranched alkanes of at least 4 members (excludes halogenated alkanes) is 4. The average Bonchev–Trinajstić information content (AvgIpc) is 3.62. The van der Waals surface area contributed by atoms with Crippen LogP contribution in [0.1, 0.15) is 59.2 Å². The topological polar surface area (TPSA) is 419 Å². The molecule has 4 aromatic heterocycles. The third-order valence-corrected chi connectivity index (χ3v) is 14.0. The van der Waals surface area contributed by atoms with E-state index >= 15 is 0 Å². The fourth-order valence-electron chi connectivity index (χ4n) is 6.96. The molecule has 0 aliphatic rings. The predicted octanol–water partition coefficient (Wildman–Crippen LogP) is 0.256. The Labute approximate surface area is 478 Å². The van der Waals surface area contributed by atoms with E-state index in [4.69, 9.17) is 30.8 Å². The Hall–Kier alpha value is -8.62. The van der Waals surface area contributed by atoms with Crippen LogP contribution >= 0.6 is 12.4 Å². The predicted molar refractivity (Wildman–Crippen MR) is 294 cm³/mol. The van der Waals surface area contributed by atoms with Crippen LogP contribution in [0.5, 0.6) is 11.5 Å². The van der Waals surface area contributed by atoms with Crippen molar-refractivity contribution in [1.29, 1.82) is 0 Å². The van der Waals surface area contributed by atoms with Gasteiger partial charge in [-0.05, 0) is 87.1 Å². The first kappa shape index (κ1) is 68.7. The summed E-state index contributed by atoms with van der Waals surface area (Å²) in [5, 5.41) is 32.5. The number of aliphatic imine (C=N–C) groups is 1. The summed E-state index contributed by atoms with van der Waals surface area (Å²) in [6.07, 6.45) is 3.19. The number of fused-ring (bicyclic) bond motifs is 2. The molecule has 32 heteroatoms. The van der Waals surface area contributed by atoms with Crippen LogP contribution in [0, 0.1) is 0 Å². The number of aromatic nitrogens is 2. The minimum absolute atomic E-state index is 0. The second kappa shape index (κ2) is 32.7. The number of benzene rings is 2. The van der Waals surface area contributed by atoms with E-state index in [0.717, 1.165) is 57.2 Å². The molecule has 6 rings (SSSR count). The number of carbonyl (C=O) groups is 5. The van der Waals surface area contributed by atoms with Crippen molar-refractivity contribution in [3.8, 4) is 11.5 Å².